The molecule has 1 N–H and O–H groups in total. The summed E-state index contributed by atoms with van der Waals surface area (Å²) in [5.41, 5.74) is 0.847. The summed E-state index contributed by atoms with van der Waals surface area (Å²) in [7, 11) is 1.61. The zero-order chi connectivity index (χ0) is 17.5. The fraction of sp³-hybridized carbons (Fsp3) is 0.412. The van der Waals surface area contributed by atoms with E-state index in [2.05, 4.69) is 28.2 Å². The van der Waals surface area contributed by atoms with Gasteiger partial charge in [-0.2, -0.15) is 0 Å². The van der Waals surface area contributed by atoms with Crippen molar-refractivity contribution in [2.24, 2.45) is 0 Å². The summed E-state index contributed by atoms with van der Waals surface area (Å²) < 4.78 is 12.6. The number of carbonyl (C=O) groups excluding carboxylic acids is 1. The van der Waals surface area contributed by atoms with E-state index in [1.54, 1.807) is 13.2 Å². The average molecular weight is 430 g/mol. The molecule has 0 aromatic heterocycles. The van der Waals surface area contributed by atoms with Crippen molar-refractivity contribution in [3.05, 3.63) is 27.1 Å². The molecule has 0 saturated carbocycles. The van der Waals surface area contributed by atoms with Crippen LogP contribution in [0.3, 0.4) is 0 Å². The summed E-state index contributed by atoms with van der Waals surface area (Å²) in [4.78, 5) is 12.3. The normalized spacial score (nSPS) is 15.7. The molecule has 24 heavy (non-hydrogen) atoms. The topological polar surface area (TPSA) is 47.6 Å². The van der Waals surface area contributed by atoms with Crippen molar-refractivity contribution in [2.75, 3.05) is 13.7 Å². The minimum atomic E-state index is -0.170. The summed E-state index contributed by atoms with van der Waals surface area (Å²) in [6.07, 6.45) is 6.38. The first-order valence-corrected chi connectivity index (χ1v) is 9.82. The molecule has 0 bridgehead atoms. The third-order valence-electron chi connectivity index (χ3n) is 3.44. The van der Waals surface area contributed by atoms with Crippen molar-refractivity contribution < 1.29 is 14.3 Å². The predicted octanol–water partition coefficient (Wildman–Crippen LogP) is 4.91. The number of nitrogens with one attached hydrogen (secondary N) is 1. The molecule has 0 unspecified atom stereocenters. The number of hydrogen-bond acceptors (Lipinski definition) is 5. The number of thiocarbonyl (C=S) groups is 1. The quantitative estimate of drug-likeness (QED) is 0.361. The van der Waals surface area contributed by atoms with E-state index in [4.69, 9.17) is 21.7 Å². The largest absolute Gasteiger partial charge is 0.493 e. The summed E-state index contributed by atoms with van der Waals surface area (Å²) in [5, 5.41) is 2.61. The van der Waals surface area contributed by atoms with E-state index >= 15 is 0 Å². The fourth-order valence-electron chi connectivity index (χ4n) is 2.24. The number of amides is 1. The number of methoxy groups -OCH3 is 1. The monoisotopic (exact) mass is 429 g/mol. The van der Waals surface area contributed by atoms with E-state index in [-0.39, 0.29) is 5.91 Å². The molecule has 4 nitrogen and oxygen atoms in total. The molecule has 0 aliphatic carbocycles. The molecule has 0 radical (unpaired) electrons. The first kappa shape index (κ1) is 19.3. The Morgan fingerprint density at radius 1 is 1.33 bits per heavy atom. The van der Waals surface area contributed by atoms with E-state index in [0.717, 1.165) is 22.9 Å². The third-order valence-corrected chi connectivity index (χ3v) is 5.19. The molecule has 1 heterocycles. The molecule has 1 fully saturated rings. The van der Waals surface area contributed by atoms with Crippen LogP contribution in [0.25, 0.3) is 6.08 Å². The lowest BCUT2D eigenvalue weighted by Gasteiger charge is -2.13. The van der Waals surface area contributed by atoms with Crippen molar-refractivity contribution in [3.8, 4) is 11.5 Å². The zero-order valence-electron chi connectivity index (χ0n) is 13.7. The Labute approximate surface area is 160 Å². The lowest BCUT2D eigenvalue weighted by Crippen LogP contribution is -2.17. The number of hydrogen-bond donors (Lipinski definition) is 1. The lowest BCUT2D eigenvalue weighted by atomic mass is 10.2. The van der Waals surface area contributed by atoms with E-state index in [1.165, 1.54) is 24.6 Å². The molecule has 0 atom stereocenters. The Morgan fingerprint density at radius 2 is 2.12 bits per heavy atom. The Balaban J connectivity index is 2.13. The minimum absolute atomic E-state index is 0.170. The van der Waals surface area contributed by atoms with Gasteiger partial charge in [0.2, 0.25) is 0 Å². The smallest absolute Gasteiger partial charge is 0.263 e. The fourth-order valence-corrected chi connectivity index (χ4v) is 3.86. The minimum Gasteiger partial charge on any atom is -0.493 e. The first-order chi connectivity index (χ1) is 11.5. The highest BCUT2D eigenvalue weighted by Gasteiger charge is 2.22. The van der Waals surface area contributed by atoms with Gasteiger partial charge < -0.3 is 14.8 Å². The van der Waals surface area contributed by atoms with Crippen molar-refractivity contribution in [1.29, 1.82) is 0 Å². The number of rotatable bonds is 8. The number of thioether (sulfide) groups is 1. The highest BCUT2D eigenvalue weighted by molar-refractivity contribution is 9.10. The van der Waals surface area contributed by atoms with Crippen LogP contribution in [-0.2, 0) is 4.79 Å². The molecule has 130 valence electrons. The molecule has 1 amide bonds. The van der Waals surface area contributed by atoms with Crippen molar-refractivity contribution >= 4 is 56.2 Å². The maximum absolute atomic E-state index is 11.8. The standard InChI is InChI=1S/C17H20BrNO3S2/c1-3-4-5-6-7-22-15-12(18)8-11(9-13(15)21-2)10-14-16(20)19-17(23)24-14/h8-10H,3-7H2,1-2H3,(H,19,20,23)/b14-10+. The highest BCUT2D eigenvalue weighted by atomic mass is 79.9. The van der Waals surface area contributed by atoms with Crippen LogP contribution in [0.1, 0.15) is 38.2 Å². The van der Waals surface area contributed by atoms with Gasteiger partial charge in [-0.1, -0.05) is 50.2 Å². The van der Waals surface area contributed by atoms with E-state index < -0.39 is 0 Å². The maximum Gasteiger partial charge on any atom is 0.263 e. The van der Waals surface area contributed by atoms with Gasteiger partial charge in [0, 0.05) is 0 Å². The third kappa shape index (κ3) is 5.22. The Hall–Kier alpha value is -1.05. The van der Waals surface area contributed by atoms with Gasteiger partial charge in [-0.25, -0.2) is 0 Å². The molecule has 1 aliphatic rings. The second kappa shape index (κ2) is 9.44. The zero-order valence-corrected chi connectivity index (χ0v) is 16.9. The van der Waals surface area contributed by atoms with Gasteiger partial charge in [0.1, 0.15) is 4.32 Å². The molecule has 1 aromatic carbocycles. The van der Waals surface area contributed by atoms with Crippen LogP contribution in [0.2, 0.25) is 0 Å². The summed E-state index contributed by atoms with van der Waals surface area (Å²) >= 11 is 9.79. The van der Waals surface area contributed by atoms with Gasteiger partial charge in [-0.3, -0.25) is 4.79 Å². The van der Waals surface area contributed by atoms with Gasteiger partial charge in [-0.15, -0.1) is 0 Å². The van der Waals surface area contributed by atoms with Crippen LogP contribution >= 0.6 is 39.9 Å². The summed E-state index contributed by atoms with van der Waals surface area (Å²) in [6, 6.07) is 3.76. The van der Waals surface area contributed by atoms with Crippen LogP contribution in [0, 0.1) is 0 Å². The van der Waals surface area contributed by atoms with E-state index in [1.807, 2.05) is 12.1 Å². The average Bonchev–Trinajstić information content (AvgIpc) is 2.86. The molecule has 0 spiro atoms. The number of carbonyl (C=O) groups is 1. The maximum atomic E-state index is 11.8. The van der Waals surface area contributed by atoms with Gasteiger partial charge in [0.15, 0.2) is 11.5 Å². The second-order valence-electron chi connectivity index (χ2n) is 5.30. The van der Waals surface area contributed by atoms with Crippen molar-refractivity contribution in [3.63, 3.8) is 0 Å². The van der Waals surface area contributed by atoms with Crippen LogP contribution in [0.4, 0.5) is 0 Å². The molecule has 1 aromatic rings. The summed E-state index contributed by atoms with van der Waals surface area (Å²) in [6.45, 7) is 2.84. The first-order valence-electron chi connectivity index (χ1n) is 7.80. The van der Waals surface area contributed by atoms with Crippen molar-refractivity contribution in [1.82, 2.24) is 5.32 Å². The van der Waals surface area contributed by atoms with Crippen LogP contribution in [0.15, 0.2) is 21.5 Å². The Morgan fingerprint density at radius 3 is 2.75 bits per heavy atom. The van der Waals surface area contributed by atoms with Crippen LogP contribution in [-0.4, -0.2) is 23.9 Å². The molecular formula is C17H20BrNO3S2. The number of ether oxygens (including phenoxy) is 2. The van der Waals surface area contributed by atoms with E-state index in [9.17, 15) is 4.79 Å². The molecule has 2 rings (SSSR count). The molecule has 1 saturated heterocycles. The molecular weight excluding hydrogens is 410 g/mol. The van der Waals surface area contributed by atoms with Gasteiger partial charge in [0.25, 0.3) is 5.91 Å². The second-order valence-corrected chi connectivity index (χ2v) is 7.87. The van der Waals surface area contributed by atoms with Crippen LogP contribution in [0.5, 0.6) is 11.5 Å². The Bertz CT molecular complexity index is 661. The van der Waals surface area contributed by atoms with Gasteiger partial charge in [-0.05, 0) is 46.1 Å². The number of benzene rings is 1. The predicted molar refractivity (Wildman–Crippen MR) is 107 cm³/mol. The lowest BCUT2D eigenvalue weighted by molar-refractivity contribution is -0.115. The van der Waals surface area contributed by atoms with Gasteiger partial charge in [0.05, 0.1) is 23.1 Å². The van der Waals surface area contributed by atoms with Crippen LogP contribution < -0.4 is 14.8 Å². The summed E-state index contributed by atoms with van der Waals surface area (Å²) in [5.74, 6) is 1.16. The number of unbranched alkanes of at least 4 members (excludes halogenated alkanes) is 3. The molecule has 1 aliphatic heterocycles. The Kier molecular flexibility index (Phi) is 7.58. The molecule has 7 heteroatoms. The van der Waals surface area contributed by atoms with Crippen molar-refractivity contribution in [2.45, 2.75) is 32.6 Å². The van der Waals surface area contributed by atoms with E-state index in [0.29, 0.717) is 27.3 Å². The SMILES string of the molecule is CCCCCCOc1c(Br)cc(/C=C2/SC(=S)NC2=O)cc1OC. The number of halogens is 1. The highest BCUT2D eigenvalue weighted by Crippen LogP contribution is 2.38. The van der Waals surface area contributed by atoms with Gasteiger partial charge >= 0.3 is 0 Å².